The van der Waals surface area contributed by atoms with Crippen molar-refractivity contribution in [3.8, 4) is 5.75 Å². The summed E-state index contributed by atoms with van der Waals surface area (Å²) in [4.78, 5) is 24.2. The maximum absolute atomic E-state index is 12.0. The number of carboxylic acid groups (broad SMARTS) is 1. The molecule has 0 aliphatic heterocycles. The van der Waals surface area contributed by atoms with Crippen LogP contribution in [0.25, 0.3) is 0 Å². The predicted molar refractivity (Wildman–Crippen MR) is 71.3 cm³/mol. The first-order chi connectivity index (χ1) is 9.85. The number of halogens is 2. The number of hydrogen-bond donors (Lipinski definition) is 1. The largest absolute Gasteiger partial charge is 0.480 e. The van der Waals surface area contributed by atoms with Gasteiger partial charge in [-0.3, -0.25) is 4.79 Å². The molecule has 116 valence electrons. The van der Waals surface area contributed by atoms with Crippen LogP contribution in [0.1, 0.15) is 18.9 Å². The SMILES string of the molecule is CCC(C(=O)O)N(C)C(=O)Cc1ccc(OC(F)F)cc1. The Kier molecular flexibility index (Phi) is 6.08. The molecule has 0 spiro atoms. The number of likely N-dealkylation sites (N-methyl/N-ethyl adjacent to an activating group) is 1. The number of amides is 1. The van der Waals surface area contributed by atoms with Gasteiger partial charge in [0.15, 0.2) is 0 Å². The molecule has 0 saturated heterocycles. The van der Waals surface area contributed by atoms with Gasteiger partial charge in [0, 0.05) is 7.05 Å². The number of nitrogens with zero attached hydrogens (tertiary/aromatic N) is 1. The second-order valence-electron chi connectivity index (χ2n) is 4.47. The van der Waals surface area contributed by atoms with Gasteiger partial charge in [-0.15, -0.1) is 0 Å². The molecule has 1 aromatic carbocycles. The summed E-state index contributed by atoms with van der Waals surface area (Å²) < 4.78 is 28.2. The Balaban J connectivity index is 2.68. The van der Waals surface area contributed by atoms with Crippen molar-refractivity contribution in [3.63, 3.8) is 0 Å². The molecule has 1 rings (SSSR count). The molecule has 0 fully saturated rings. The van der Waals surface area contributed by atoms with E-state index in [-0.39, 0.29) is 18.1 Å². The molecular weight excluding hydrogens is 284 g/mol. The predicted octanol–water partition coefficient (Wildman–Crippen LogP) is 2.15. The number of benzene rings is 1. The molecule has 0 saturated carbocycles. The topological polar surface area (TPSA) is 66.8 Å². The van der Waals surface area contributed by atoms with Crippen molar-refractivity contribution in [3.05, 3.63) is 29.8 Å². The number of hydrogen-bond acceptors (Lipinski definition) is 3. The Morgan fingerprint density at radius 1 is 1.29 bits per heavy atom. The summed E-state index contributed by atoms with van der Waals surface area (Å²) in [6, 6.07) is 4.78. The van der Waals surface area contributed by atoms with Crippen LogP contribution in [-0.2, 0) is 16.0 Å². The molecule has 1 unspecified atom stereocenters. The minimum atomic E-state index is -2.90. The third-order valence-electron chi connectivity index (χ3n) is 3.04. The summed E-state index contributed by atoms with van der Waals surface area (Å²) in [5.74, 6) is -1.41. The van der Waals surface area contributed by atoms with Crippen molar-refractivity contribution in [2.75, 3.05) is 7.05 Å². The quantitative estimate of drug-likeness (QED) is 0.838. The molecule has 1 aromatic rings. The van der Waals surface area contributed by atoms with E-state index in [2.05, 4.69) is 4.74 Å². The number of carbonyl (C=O) groups excluding carboxylic acids is 1. The van der Waals surface area contributed by atoms with Gasteiger partial charge in [-0.25, -0.2) is 4.79 Å². The summed E-state index contributed by atoms with van der Waals surface area (Å²) in [5, 5.41) is 9.00. The highest BCUT2D eigenvalue weighted by Crippen LogP contribution is 2.16. The zero-order valence-corrected chi connectivity index (χ0v) is 11.8. The van der Waals surface area contributed by atoms with Gasteiger partial charge in [0.25, 0.3) is 0 Å². The number of alkyl halides is 2. The van der Waals surface area contributed by atoms with Crippen LogP contribution in [0.3, 0.4) is 0 Å². The summed E-state index contributed by atoms with van der Waals surface area (Å²) in [7, 11) is 1.43. The van der Waals surface area contributed by atoms with Gasteiger partial charge < -0.3 is 14.7 Å². The minimum absolute atomic E-state index is 0.00472. The van der Waals surface area contributed by atoms with Crippen LogP contribution in [-0.4, -0.2) is 41.6 Å². The van der Waals surface area contributed by atoms with Crippen LogP contribution in [0, 0.1) is 0 Å². The molecule has 0 bridgehead atoms. The second-order valence-corrected chi connectivity index (χ2v) is 4.47. The highest BCUT2D eigenvalue weighted by Gasteiger charge is 2.24. The standard InChI is InChI=1S/C14H17F2NO4/c1-3-11(13(19)20)17(2)12(18)8-9-4-6-10(7-5-9)21-14(15)16/h4-7,11,14H,3,8H2,1-2H3,(H,19,20). The molecule has 0 aliphatic carbocycles. The molecule has 0 heterocycles. The Morgan fingerprint density at radius 2 is 1.86 bits per heavy atom. The summed E-state index contributed by atoms with van der Waals surface area (Å²) in [6.45, 7) is -1.22. The maximum atomic E-state index is 12.0. The maximum Gasteiger partial charge on any atom is 0.387 e. The number of ether oxygens (including phenoxy) is 1. The summed E-state index contributed by atoms with van der Waals surface area (Å²) in [6.07, 6.45) is 0.300. The second kappa shape index (κ2) is 7.56. The first-order valence-corrected chi connectivity index (χ1v) is 6.37. The van der Waals surface area contributed by atoms with Gasteiger partial charge in [0.2, 0.25) is 5.91 Å². The molecule has 1 N–H and O–H groups in total. The van der Waals surface area contributed by atoms with Crippen molar-refractivity contribution in [2.24, 2.45) is 0 Å². The average Bonchev–Trinajstić information content (AvgIpc) is 2.40. The van der Waals surface area contributed by atoms with Gasteiger partial charge in [0.1, 0.15) is 11.8 Å². The van der Waals surface area contributed by atoms with Crippen LogP contribution in [0.15, 0.2) is 24.3 Å². The van der Waals surface area contributed by atoms with E-state index in [9.17, 15) is 18.4 Å². The van der Waals surface area contributed by atoms with E-state index >= 15 is 0 Å². The van der Waals surface area contributed by atoms with E-state index in [1.807, 2.05) is 0 Å². The highest BCUT2D eigenvalue weighted by molar-refractivity contribution is 5.84. The van der Waals surface area contributed by atoms with E-state index < -0.39 is 18.6 Å². The average molecular weight is 301 g/mol. The van der Waals surface area contributed by atoms with Gasteiger partial charge in [-0.2, -0.15) is 8.78 Å². The van der Waals surface area contributed by atoms with Crippen molar-refractivity contribution < 1.29 is 28.2 Å². The molecule has 0 aliphatic rings. The lowest BCUT2D eigenvalue weighted by atomic mass is 10.1. The lowest BCUT2D eigenvalue weighted by molar-refractivity contribution is -0.148. The Labute approximate surface area is 121 Å². The monoisotopic (exact) mass is 301 g/mol. The molecule has 5 nitrogen and oxygen atoms in total. The first kappa shape index (κ1) is 16.9. The zero-order chi connectivity index (χ0) is 16.0. The van der Waals surface area contributed by atoms with E-state index in [0.717, 1.165) is 0 Å². The zero-order valence-electron chi connectivity index (χ0n) is 11.8. The van der Waals surface area contributed by atoms with Crippen LogP contribution < -0.4 is 4.74 Å². The number of carbonyl (C=O) groups is 2. The normalized spacial score (nSPS) is 12.0. The lowest BCUT2D eigenvalue weighted by Crippen LogP contribution is -2.42. The lowest BCUT2D eigenvalue weighted by Gasteiger charge is -2.23. The Morgan fingerprint density at radius 3 is 2.29 bits per heavy atom. The summed E-state index contributed by atoms with van der Waals surface area (Å²) in [5.41, 5.74) is 0.591. The third-order valence-corrected chi connectivity index (χ3v) is 3.04. The van der Waals surface area contributed by atoms with Crippen molar-refractivity contribution >= 4 is 11.9 Å². The molecule has 7 heteroatoms. The molecule has 1 atom stereocenters. The van der Waals surface area contributed by atoms with Crippen molar-refractivity contribution in [2.45, 2.75) is 32.4 Å². The number of aliphatic carboxylic acids is 1. The third kappa shape index (κ3) is 5.02. The van der Waals surface area contributed by atoms with Crippen molar-refractivity contribution in [1.82, 2.24) is 4.90 Å². The van der Waals surface area contributed by atoms with Gasteiger partial charge in [-0.05, 0) is 24.1 Å². The van der Waals surface area contributed by atoms with Crippen LogP contribution >= 0.6 is 0 Å². The van der Waals surface area contributed by atoms with Crippen LogP contribution in [0.4, 0.5) is 8.78 Å². The molecule has 1 amide bonds. The number of rotatable bonds is 7. The Bertz CT molecular complexity index is 490. The van der Waals surface area contributed by atoms with Crippen molar-refractivity contribution in [1.29, 1.82) is 0 Å². The number of carboxylic acids is 1. The van der Waals surface area contributed by atoms with Gasteiger partial charge in [-0.1, -0.05) is 19.1 Å². The van der Waals surface area contributed by atoms with Crippen LogP contribution in [0.2, 0.25) is 0 Å². The molecular formula is C14H17F2NO4. The fraction of sp³-hybridized carbons (Fsp3) is 0.429. The first-order valence-electron chi connectivity index (χ1n) is 6.37. The van der Waals surface area contributed by atoms with E-state index in [1.54, 1.807) is 6.92 Å². The minimum Gasteiger partial charge on any atom is -0.480 e. The smallest absolute Gasteiger partial charge is 0.387 e. The fourth-order valence-corrected chi connectivity index (χ4v) is 1.88. The summed E-state index contributed by atoms with van der Waals surface area (Å²) >= 11 is 0. The van der Waals surface area contributed by atoms with Gasteiger partial charge in [0.05, 0.1) is 6.42 Å². The fourth-order valence-electron chi connectivity index (χ4n) is 1.88. The molecule has 0 radical (unpaired) electrons. The highest BCUT2D eigenvalue weighted by atomic mass is 19.3. The van der Waals surface area contributed by atoms with E-state index in [0.29, 0.717) is 12.0 Å². The van der Waals surface area contributed by atoms with E-state index in [4.69, 9.17) is 5.11 Å². The van der Waals surface area contributed by atoms with Crippen LogP contribution in [0.5, 0.6) is 5.75 Å². The molecule has 21 heavy (non-hydrogen) atoms. The van der Waals surface area contributed by atoms with E-state index in [1.165, 1.54) is 36.2 Å². The molecule has 0 aromatic heterocycles. The Hall–Kier alpha value is -2.18. The van der Waals surface area contributed by atoms with Gasteiger partial charge >= 0.3 is 12.6 Å².